The first-order chi connectivity index (χ1) is 15.6. The quantitative estimate of drug-likeness (QED) is 0.376. The van der Waals surface area contributed by atoms with Crippen LogP contribution in [0.15, 0.2) is 77.6 Å². The molecule has 160 valence electrons. The molecular weight excluding hydrogens is 400 g/mol. The largest absolute Gasteiger partial charge is 0.494 e. The lowest BCUT2D eigenvalue weighted by molar-refractivity contribution is 0.104. The fourth-order valence-electron chi connectivity index (χ4n) is 4.36. The van der Waals surface area contributed by atoms with Gasteiger partial charge in [-0.2, -0.15) is 0 Å². The maximum absolute atomic E-state index is 13.6. The van der Waals surface area contributed by atoms with E-state index < -0.39 is 0 Å². The lowest BCUT2D eigenvalue weighted by Crippen LogP contribution is -2.21. The Kier molecular flexibility index (Phi) is 5.11. The third kappa shape index (κ3) is 3.31. The van der Waals surface area contributed by atoms with Gasteiger partial charge in [0.15, 0.2) is 5.78 Å². The summed E-state index contributed by atoms with van der Waals surface area (Å²) in [5.74, 6) is 0.718. The minimum atomic E-state index is -0.136. The van der Waals surface area contributed by atoms with Gasteiger partial charge >= 0.3 is 0 Å². The van der Waals surface area contributed by atoms with Crippen molar-refractivity contribution in [2.24, 2.45) is 0 Å². The van der Waals surface area contributed by atoms with Crippen molar-refractivity contribution in [3.05, 3.63) is 94.3 Å². The number of benzene rings is 3. The minimum Gasteiger partial charge on any atom is -0.494 e. The van der Waals surface area contributed by atoms with Crippen LogP contribution in [0.2, 0.25) is 0 Å². The average molecular weight is 425 g/mol. The predicted octanol–water partition coefficient (Wildman–Crippen LogP) is 4.53. The van der Waals surface area contributed by atoms with Crippen LogP contribution in [0.1, 0.15) is 22.3 Å². The van der Waals surface area contributed by atoms with E-state index in [0.717, 1.165) is 24.3 Å². The average Bonchev–Trinajstić information content (AvgIpc) is 3.10. The topological polar surface area (TPSA) is 51.5 Å². The van der Waals surface area contributed by atoms with Gasteiger partial charge in [0.1, 0.15) is 5.75 Å². The second kappa shape index (κ2) is 8.09. The molecule has 0 unspecified atom stereocenters. The van der Waals surface area contributed by atoms with Crippen LogP contribution in [0.25, 0.3) is 27.7 Å². The Labute approximate surface area is 186 Å². The summed E-state index contributed by atoms with van der Waals surface area (Å²) in [4.78, 5) is 29.0. The van der Waals surface area contributed by atoms with E-state index in [1.54, 1.807) is 10.6 Å². The standard InChI is InChI=1S/C27H24N2O3/c1-28(2)16-7-17-32-19-14-12-18(13-15-19)29-25-21-9-4-5-10-22(21)26(30)24(25)20-8-3-6-11-23(20)27(29)31/h3-6,8-15H,7,16-17H2,1-2H3. The van der Waals surface area contributed by atoms with E-state index in [4.69, 9.17) is 4.74 Å². The summed E-state index contributed by atoms with van der Waals surface area (Å²) >= 11 is 0. The van der Waals surface area contributed by atoms with Gasteiger partial charge in [0.25, 0.3) is 5.56 Å². The first kappa shape index (κ1) is 20.2. The molecule has 0 fully saturated rings. The van der Waals surface area contributed by atoms with Crippen LogP contribution in [-0.2, 0) is 0 Å². The first-order valence-electron chi connectivity index (χ1n) is 10.8. The van der Waals surface area contributed by atoms with Crippen LogP contribution in [0, 0.1) is 0 Å². The van der Waals surface area contributed by atoms with Crippen molar-refractivity contribution in [2.45, 2.75) is 6.42 Å². The zero-order valence-electron chi connectivity index (χ0n) is 18.2. The van der Waals surface area contributed by atoms with Crippen molar-refractivity contribution >= 4 is 16.6 Å². The number of nitrogens with zero attached hydrogens (tertiary/aromatic N) is 2. The SMILES string of the molecule is CN(C)CCCOc1ccc(-n2c3c(c4ccccc4c2=O)C(=O)c2ccccc2-3)cc1. The maximum atomic E-state index is 13.6. The summed E-state index contributed by atoms with van der Waals surface area (Å²) in [5.41, 5.74) is 3.25. The van der Waals surface area contributed by atoms with E-state index in [1.807, 2.05) is 80.8 Å². The summed E-state index contributed by atoms with van der Waals surface area (Å²) in [5, 5.41) is 1.24. The summed E-state index contributed by atoms with van der Waals surface area (Å²) in [6, 6.07) is 22.3. The fraction of sp³-hybridized carbons (Fsp3) is 0.185. The van der Waals surface area contributed by atoms with Crippen molar-refractivity contribution in [1.29, 1.82) is 0 Å². The molecule has 4 aromatic rings. The Balaban J connectivity index is 1.62. The Morgan fingerprint density at radius 3 is 2.19 bits per heavy atom. The van der Waals surface area contributed by atoms with Crippen molar-refractivity contribution in [3.63, 3.8) is 0 Å². The van der Waals surface area contributed by atoms with Gasteiger partial charge in [0, 0.05) is 34.1 Å². The molecule has 0 radical (unpaired) electrons. The number of carbonyl (C=O) groups excluding carboxylic acids is 1. The highest BCUT2D eigenvalue weighted by Gasteiger charge is 2.32. The van der Waals surface area contributed by atoms with Crippen LogP contribution in [0.5, 0.6) is 5.75 Å². The minimum absolute atomic E-state index is 0.0404. The maximum Gasteiger partial charge on any atom is 0.263 e. The van der Waals surface area contributed by atoms with Gasteiger partial charge in [-0.25, -0.2) is 0 Å². The van der Waals surface area contributed by atoms with Crippen LogP contribution in [0.3, 0.4) is 0 Å². The number of rotatable bonds is 6. The summed E-state index contributed by atoms with van der Waals surface area (Å²) in [7, 11) is 4.08. The van der Waals surface area contributed by atoms with Gasteiger partial charge in [0.05, 0.1) is 17.9 Å². The van der Waals surface area contributed by atoms with Crippen LogP contribution in [-0.4, -0.2) is 42.5 Å². The highest BCUT2D eigenvalue weighted by Crippen LogP contribution is 2.40. The zero-order chi connectivity index (χ0) is 22.2. The van der Waals surface area contributed by atoms with Gasteiger partial charge in [0.2, 0.25) is 0 Å². The van der Waals surface area contributed by atoms with Gasteiger partial charge in [-0.05, 0) is 50.8 Å². The summed E-state index contributed by atoms with van der Waals surface area (Å²) < 4.78 is 7.51. The van der Waals surface area contributed by atoms with Crippen molar-refractivity contribution in [2.75, 3.05) is 27.2 Å². The number of fused-ring (bicyclic) bond motifs is 5. The van der Waals surface area contributed by atoms with E-state index in [-0.39, 0.29) is 11.3 Å². The zero-order valence-corrected chi connectivity index (χ0v) is 18.2. The molecule has 5 heteroatoms. The van der Waals surface area contributed by atoms with E-state index in [1.165, 1.54) is 0 Å². The summed E-state index contributed by atoms with van der Waals surface area (Å²) in [6.07, 6.45) is 0.936. The number of hydrogen-bond donors (Lipinski definition) is 0. The molecule has 1 heterocycles. The number of ketones is 1. The third-order valence-electron chi connectivity index (χ3n) is 5.86. The number of pyridine rings is 1. The Morgan fingerprint density at radius 1 is 0.812 bits per heavy atom. The van der Waals surface area contributed by atoms with E-state index >= 15 is 0 Å². The van der Waals surface area contributed by atoms with Crippen molar-refractivity contribution in [1.82, 2.24) is 9.47 Å². The molecule has 3 aromatic carbocycles. The molecular formula is C27H24N2O3. The molecule has 0 atom stereocenters. The molecule has 0 saturated carbocycles. The van der Waals surface area contributed by atoms with Gasteiger partial charge in [-0.1, -0.05) is 42.5 Å². The van der Waals surface area contributed by atoms with Crippen molar-refractivity contribution in [3.8, 4) is 22.7 Å². The fourth-order valence-corrected chi connectivity index (χ4v) is 4.36. The molecule has 1 aromatic heterocycles. The molecule has 5 nitrogen and oxygen atoms in total. The molecule has 0 spiro atoms. The highest BCUT2D eigenvalue weighted by molar-refractivity contribution is 6.26. The molecule has 5 rings (SSSR count). The van der Waals surface area contributed by atoms with Gasteiger partial charge < -0.3 is 9.64 Å². The van der Waals surface area contributed by atoms with Crippen LogP contribution in [0.4, 0.5) is 0 Å². The molecule has 0 amide bonds. The van der Waals surface area contributed by atoms with E-state index in [2.05, 4.69) is 4.90 Å². The Bertz CT molecular complexity index is 1380. The van der Waals surface area contributed by atoms with E-state index in [0.29, 0.717) is 39.9 Å². The molecule has 0 bridgehead atoms. The smallest absolute Gasteiger partial charge is 0.263 e. The lowest BCUT2D eigenvalue weighted by atomic mass is 10.0. The third-order valence-corrected chi connectivity index (χ3v) is 5.86. The molecule has 0 N–H and O–H groups in total. The van der Waals surface area contributed by atoms with Crippen molar-refractivity contribution < 1.29 is 9.53 Å². The van der Waals surface area contributed by atoms with E-state index in [9.17, 15) is 9.59 Å². The predicted molar refractivity (Wildman–Crippen MR) is 127 cm³/mol. The first-order valence-corrected chi connectivity index (χ1v) is 10.8. The number of hydrogen-bond acceptors (Lipinski definition) is 4. The normalized spacial score (nSPS) is 12.3. The second-order valence-corrected chi connectivity index (χ2v) is 8.28. The molecule has 0 saturated heterocycles. The molecule has 1 aliphatic carbocycles. The summed E-state index contributed by atoms with van der Waals surface area (Å²) in [6.45, 7) is 1.59. The molecule has 1 aliphatic rings. The Morgan fingerprint density at radius 2 is 1.47 bits per heavy atom. The number of carbonyl (C=O) groups is 1. The number of ether oxygens (including phenoxy) is 1. The van der Waals surface area contributed by atoms with Gasteiger partial charge in [-0.3, -0.25) is 14.2 Å². The monoisotopic (exact) mass is 424 g/mol. The Hall–Kier alpha value is -3.70. The van der Waals surface area contributed by atoms with Crippen LogP contribution >= 0.6 is 0 Å². The van der Waals surface area contributed by atoms with Crippen LogP contribution < -0.4 is 10.3 Å². The molecule has 32 heavy (non-hydrogen) atoms. The van der Waals surface area contributed by atoms with Gasteiger partial charge in [-0.15, -0.1) is 0 Å². The highest BCUT2D eigenvalue weighted by atomic mass is 16.5. The molecule has 0 aliphatic heterocycles. The second-order valence-electron chi connectivity index (χ2n) is 8.28. The lowest BCUT2D eigenvalue weighted by Gasteiger charge is -2.16. The number of aromatic nitrogens is 1.